The van der Waals surface area contributed by atoms with E-state index in [9.17, 15) is 9.59 Å². The molecule has 1 aromatic carbocycles. The monoisotopic (exact) mass is 364 g/mol. The number of carbonyl (C=O) groups excluding carboxylic acids is 2. The molecule has 1 fully saturated rings. The van der Waals surface area contributed by atoms with Gasteiger partial charge in [-0.15, -0.1) is 0 Å². The van der Waals surface area contributed by atoms with Crippen LogP contribution in [0.1, 0.15) is 28.8 Å². The zero-order chi connectivity index (χ0) is 18.5. The van der Waals surface area contributed by atoms with E-state index < -0.39 is 5.91 Å². The fourth-order valence-corrected chi connectivity index (χ4v) is 3.38. The van der Waals surface area contributed by atoms with Gasteiger partial charge in [-0.3, -0.25) is 14.8 Å². The van der Waals surface area contributed by atoms with E-state index in [0.717, 1.165) is 18.4 Å². The van der Waals surface area contributed by atoms with E-state index in [1.54, 1.807) is 30.8 Å². The second kappa shape index (κ2) is 8.48. The van der Waals surface area contributed by atoms with Crippen LogP contribution in [0.3, 0.4) is 0 Å². The van der Waals surface area contributed by atoms with Crippen molar-refractivity contribution in [2.45, 2.75) is 25.4 Å². The van der Waals surface area contributed by atoms with Crippen LogP contribution in [0.5, 0.6) is 5.75 Å². The molecule has 2 aliphatic rings. The molecule has 1 aromatic rings. The molecule has 0 saturated carbocycles. The number of hydrogen-bond donors (Lipinski definition) is 2. The van der Waals surface area contributed by atoms with Crippen molar-refractivity contribution in [1.82, 2.24) is 10.4 Å². The van der Waals surface area contributed by atoms with Gasteiger partial charge >= 0.3 is 0 Å². The van der Waals surface area contributed by atoms with Crippen LogP contribution in [0.25, 0.3) is 0 Å². The molecule has 1 saturated heterocycles. The number of methoxy groups -OCH3 is 1. The van der Waals surface area contributed by atoms with Crippen LogP contribution in [0, 0.1) is 5.92 Å². The third kappa shape index (κ3) is 3.98. The quantitative estimate of drug-likeness (QED) is 0.610. The van der Waals surface area contributed by atoms with Crippen molar-refractivity contribution in [3.63, 3.8) is 0 Å². The molecule has 142 valence electrons. The van der Waals surface area contributed by atoms with Crippen molar-refractivity contribution in [2.75, 3.05) is 33.5 Å². The summed E-state index contributed by atoms with van der Waals surface area (Å²) in [7, 11) is 1.60. The molecule has 0 aromatic heterocycles. The molecule has 3 rings (SSSR count). The van der Waals surface area contributed by atoms with E-state index in [1.165, 1.54) is 0 Å². The van der Waals surface area contributed by atoms with Gasteiger partial charge in [0.1, 0.15) is 12.4 Å². The summed E-state index contributed by atoms with van der Waals surface area (Å²) in [6.07, 6.45) is 1.44. The van der Waals surface area contributed by atoms with Gasteiger partial charge < -0.3 is 19.1 Å². The minimum absolute atomic E-state index is 0.0518. The molecule has 2 heterocycles. The molecule has 2 aliphatic heterocycles. The molecule has 26 heavy (non-hydrogen) atoms. The normalized spacial score (nSPS) is 20.7. The summed E-state index contributed by atoms with van der Waals surface area (Å²) in [5.74, 6) is -0.0354. The molecule has 0 unspecified atom stereocenters. The molecule has 8 nitrogen and oxygen atoms in total. The Kier molecular flexibility index (Phi) is 6.08. The number of hydroxylamine groups is 1. The van der Waals surface area contributed by atoms with E-state index in [-0.39, 0.29) is 24.5 Å². The number of fused-ring (bicyclic) bond motifs is 1. The van der Waals surface area contributed by atoms with Crippen molar-refractivity contribution in [1.29, 1.82) is 0 Å². The van der Waals surface area contributed by atoms with Crippen molar-refractivity contribution < 1.29 is 29.0 Å². The van der Waals surface area contributed by atoms with Gasteiger partial charge in [-0.25, -0.2) is 5.48 Å². The number of amides is 2. The Morgan fingerprint density at radius 3 is 2.81 bits per heavy atom. The molecule has 0 spiro atoms. The fraction of sp³-hybridized carbons (Fsp3) is 0.556. The maximum atomic E-state index is 13.1. The summed E-state index contributed by atoms with van der Waals surface area (Å²) in [6, 6.07) is 4.71. The van der Waals surface area contributed by atoms with Crippen LogP contribution in [0.15, 0.2) is 18.2 Å². The van der Waals surface area contributed by atoms with E-state index in [1.807, 2.05) is 4.90 Å². The van der Waals surface area contributed by atoms with Crippen LogP contribution >= 0.6 is 0 Å². The van der Waals surface area contributed by atoms with Crippen LogP contribution < -0.4 is 10.2 Å². The molecule has 0 bridgehead atoms. The fourth-order valence-electron chi connectivity index (χ4n) is 3.38. The number of nitrogens with zero attached hydrogens (tertiary/aromatic N) is 1. The van der Waals surface area contributed by atoms with Gasteiger partial charge in [0, 0.05) is 43.9 Å². The zero-order valence-corrected chi connectivity index (χ0v) is 14.8. The zero-order valence-electron chi connectivity index (χ0n) is 14.8. The highest BCUT2D eigenvalue weighted by Crippen LogP contribution is 2.29. The largest absolute Gasteiger partial charge is 0.491 e. The lowest BCUT2D eigenvalue weighted by molar-refractivity contribution is -0.143. The molecule has 2 amide bonds. The van der Waals surface area contributed by atoms with Gasteiger partial charge in [-0.05, 0) is 25.0 Å². The van der Waals surface area contributed by atoms with Crippen LogP contribution in [0.4, 0.5) is 0 Å². The van der Waals surface area contributed by atoms with Gasteiger partial charge in [0.25, 0.3) is 5.91 Å². The number of carbonyl (C=O) groups is 2. The maximum absolute atomic E-state index is 13.1. The standard InChI is InChI=1S/C18H24N2O6/c1-24-10-15-11-26-16-8-13(17(21)19-23)2-3-14(16)9-20(15)18(22)12-4-6-25-7-5-12/h2-3,8,12,15,23H,4-7,9-11H2,1H3,(H,19,21)/t15-/m0/s1. The third-order valence-electron chi connectivity index (χ3n) is 4.86. The molecule has 0 aliphatic carbocycles. The van der Waals surface area contributed by atoms with E-state index in [0.29, 0.717) is 37.7 Å². The first-order chi connectivity index (χ1) is 12.6. The SMILES string of the molecule is COC[C@H]1COc2cc(C(=O)NO)ccc2CN1C(=O)C1CCOCC1. The summed E-state index contributed by atoms with van der Waals surface area (Å²) in [5.41, 5.74) is 2.72. The van der Waals surface area contributed by atoms with E-state index in [2.05, 4.69) is 0 Å². The molecule has 8 heteroatoms. The molecular weight excluding hydrogens is 340 g/mol. The van der Waals surface area contributed by atoms with Crippen molar-refractivity contribution in [2.24, 2.45) is 5.92 Å². The molecule has 0 radical (unpaired) electrons. The number of hydrogen-bond acceptors (Lipinski definition) is 6. The average molecular weight is 364 g/mol. The number of nitrogens with one attached hydrogen (secondary N) is 1. The number of benzene rings is 1. The summed E-state index contributed by atoms with van der Waals surface area (Å²) in [6.45, 7) is 2.24. The summed E-state index contributed by atoms with van der Waals surface area (Å²) < 4.78 is 16.5. The predicted molar refractivity (Wildman–Crippen MR) is 90.9 cm³/mol. The Morgan fingerprint density at radius 1 is 1.35 bits per heavy atom. The maximum Gasteiger partial charge on any atom is 0.274 e. The average Bonchev–Trinajstić information content (AvgIpc) is 2.87. The Labute approximate surface area is 152 Å². The van der Waals surface area contributed by atoms with Crippen LogP contribution in [-0.2, 0) is 20.8 Å². The number of rotatable bonds is 4. The highest BCUT2D eigenvalue weighted by Gasteiger charge is 2.33. The third-order valence-corrected chi connectivity index (χ3v) is 4.86. The highest BCUT2D eigenvalue weighted by atomic mass is 16.5. The second-order valence-corrected chi connectivity index (χ2v) is 6.54. The van der Waals surface area contributed by atoms with Crippen LogP contribution in [-0.4, -0.2) is 61.5 Å². The molecular formula is C18H24N2O6. The summed E-state index contributed by atoms with van der Waals surface area (Å²) in [4.78, 5) is 26.5. The Bertz CT molecular complexity index is 659. The van der Waals surface area contributed by atoms with E-state index in [4.69, 9.17) is 19.4 Å². The highest BCUT2D eigenvalue weighted by molar-refractivity contribution is 5.93. The summed E-state index contributed by atoms with van der Waals surface area (Å²) in [5, 5.41) is 8.80. The Balaban J connectivity index is 1.85. The first-order valence-electron chi connectivity index (χ1n) is 8.71. The first-order valence-corrected chi connectivity index (χ1v) is 8.71. The van der Waals surface area contributed by atoms with Gasteiger partial charge in [-0.2, -0.15) is 0 Å². The van der Waals surface area contributed by atoms with Gasteiger partial charge in [-0.1, -0.05) is 6.07 Å². The minimum atomic E-state index is -0.607. The van der Waals surface area contributed by atoms with Crippen molar-refractivity contribution in [3.8, 4) is 5.75 Å². The van der Waals surface area contributed by atoms with Crippen LogP contribution in [0.2, 0.25) is 0 Å². The summed E-state index contributed by atoms with van der Waals surface area (Å²) >= 11 is 0. The smallest absolute Gasteiger partial charge is 0.274 e. The Hall–Kier alpha value is -2.16. The van der Waals surface area contributed by atoms with E-state index >= 15 is 0 Å². The van der Waals surface area contributed by atoms with Crippen molar-refractivity contribution >= 4 is 11.8 Å². The lowest BCUT2D eigenvalue weighted by Gasteiger charge is -2.33. The second-order valence-electron chi connectivity index (χ2n) is 6.54. The topological polar surface area (TPSA) is 97.3 Å². The molecule has 2 N–H and O–H groups in total. The predicted octanol–water partition coefficient (Wildman–Crippen LogP) is 0.968. The minimum Gasteiger partial charge on any atom is -0.491 e. The lowest BCUT2D eigenvalue weighted by atomic mass is 9.97. The lowest BCUT2D eigenvalue weighted by Crippen LogP contribution is -2.47. The first kappa shape index (κ1) is 18.6. The van der Waals surface area contributed by atoms with Gasteiger partial charge in [0.2, 0.25) is 5.91 Å². The van der Waals surface area contributed by atoms with Gasteiger partial charge in [0.15, 0.2) is 0 Å². The Morgan fingerprint density at radius 2 is 2.12 bits per heavy atom. The van der Waals surface area contributed by atoms with Crippen molar-refractivity contribution in [3.05, 3.63) is 29.3 Å². The van der Waals surface area contributed by atoms with Gasteiger partial charge in [0.05, 0.1) is 12.6 Å². The number of ether oxygens (including phenoxy) is 3. The molecule has 1 atom stereocenters.